The Morgan fingerprint density at radius 1 is 1.00 bits per heavy atom. The first-order valence-electron chi connectivity index (χ1n) is 9.34. The number of hydrogen-bond acceptors (Lipinski definition) is 5. The van der Waals surface area contributed by atoms with Crippen molar-refractivity contribution >= 4 is 68.9 Å². The van der Waals surface area contributed by atoms with E-state index in [9.17, 15) is 9.59 Å². The number of amides is 3. The second-order valence-electron chi connectivity index (χ2n) is 6.79. The van der Waals surface area contributed by atoms with Crippen molar-refractivity contribution in [2.45, 2.75) is 18.9 Å². The number of likely N-dealkylation sites (tertiary alicyclic amines) is 1. The number of para-hydroxylation sites is 1. The molecule has 0 radical (unpaired) electrons. The first kappa shape index (κ1) is 21.8. The molecule has 0 saturated carbocycles. The number of hydrogen-bond donors (Lipinski definition) is 2. The van der Waals surface area contributed by atoms with Crippen molar-refractivity contribution in [1.82, 2.24) is 15.1 Å². The summed E-state index contributed by atoms with van der Waals surface area (Å²) in [6.45, 7) is 0.443. The van der Waals surface area contributed by atoms with Crippen LogP contribution < -0.4 is 10.6 Å². The van der Waals surface area contributed by atoms with E-state index in [0.717, 1.165) is 5.56 Å². The van der Waals surface area contributed by atoms with Gasteiger partial charge in [-0.05, 0) is 37.1 Å². The summed E-state index contributed by atoms with van der Waals surface area (Å²) in [4.78, 5) is 27.1. The monoisotopic (exact) mass is 495 g/mol. The molecule has 0 aliphatic carbocycles. The van der Waals surface area contributed by atoms with E-state index in [-0.39, 0.29) is 5.91 Å². The van der Waals surface area contributed by atoms with Gasteiger partial charge in [0.25, 0.3) is 0 Å². The molecule has 7 nitrogen and oxygen atoms in total. The van der Waals surface area contributed by atoms with Crippen LogP contribution in [-0.2, 0) is 4.79 Å². The van der Waals surface area contributed by atoms with Crippen molar-refractivity contribution < 1.29 is 9.59 Å². The van der Waals surface area contributed by atoms with E-state index in [4.69, 9.17) is 34.8 Å². The van der Waals surface area contributed by atoms with Crippen molar-refractivity contribution in [3.63, 3.8) is 0 Å². The summed E-state index contributed by atoms with van der Waals surface area (Å²) in [5, 5.41) is 15.9. The van der Waals surface area contributed by atoms with Gasteiger partial charge >= 0.3 is 6.03 Å². The molecule has 4 rings (SSSR count). The number of halogens is 3. The van der Waals surface area contributed by atoms with Gasteiger partial charge in [0.1, 0.15) is 11.0 Å². The third-order valence-corrected chi connectivity index (χ3v) is 6.53. The Balaban J connectivity index is 1.43. The summed E-state index contributed by atoms with van der Waals surface area (Å²) in [6, 6.07) is 11.1. The molecule has 2 N–H and O–H groups in total. The Morgan fingerprint density at radius 3 is 2.42 bits per heavy atom. The lowest BCUT2D eigenvalue weighted by atomic mass is 10.2. The van der Waals surface area contributed by atoms with Gasteiger partial charge in [-0.3, -0.25) is 10.1 Å². The average Bonchev–Trinajstić information content (AvgIpc) is 3.41. The molecular formula is C20H16Cl3N5O2S. The summed E-state index contributed by atoms with van der Waals surface area (Å²) in [6.07, 6.45) is 1.24. The highest BCUT2D eigenvalue weighted by atomic mass is 35.5. The number of urea groups is 1. The summed E-state index contributed by atoms with van der Waals surface area (Å²) < 4.78 is 0. The molecule has 1 fully saturated rings. The number of nitrogens with zero attached hydrogens (tertiary/aromatic N) is 3. The molecular weight excluding hydrogens is 481 g/mol. The number of carbonyl (C=O) groups excluding carboxylic acids is 2. The molecule has 0 bridgehead atoms. The molecule has 3 aromatic rings. The number of anilines is 2. The molecule has 2 heterocycles. The van der Waals surface area contributed by atoms with Crippen molar-refractivity contribution in [2.75, 3.05) is 17.2 Å². The zero-order valence-corrected chi connectivity index (χ0v) is 19.0. The molecule has 160 valence electrons. The van der Waals surface area contributed by atoms with Crippen molar-refractivity contribution in [1.29, 1.82) is 0 Å². The van der Waals surface area contributed by atoms with Crippen molar-refractivity contribution in [3.05, 3.63) is 57.5 Å². The molecule has 1 aromatic heterocycles. The lowest BCUT2D eigenvalue weighted by molar-refractivity contribution is -0.119. The van der Waals surface area contributed by atoms with Gasteiger partial charge in [0, 0.05) is 17.1 Å². The lowest BCUT2D eigenvalue weighted by Gasteiger charge is -2.24. The van der Waals surface area contributed by atoms with Gasteiger partial charge < -0.3 is 10.2 Å². The second-order valence-corrected chi connectivity index (χ2v) is 9.02. The maximum absolute atomic E-state index is 12.8. The highest BCUT2D eigenvalue weighted by molar-refractivity contribution is 7.18. The van der Waals surface area contributed by atoms with E-state index in [0.29, 0.717) is 50.3 Å². The zero-order valence-electron chi connectivity index (χ0n) is 15.9. The highest BCUT2D eigenvalue weighted by Gasteiger charge is 2.35. The molecule has 11 heteroatoms. The van der Waals surface area contributed by atoms with Gasteiger partial charge in [-0.15, -0.1) is 10.2 Å². The maximum atomic E-state index is 12.8. The van der Waals surface area contributed by atoms with Gasteiger partial charge in [0.15, 0.2) is 0 Å². The fraction of sp³-hybridized carbons (Fsp3) is 0.200. The standard InChI is InChI=1S/C20H16Cl3N5O2S/c21-12-8-6-11(7-9-12)18-26-27-19(31-18)25-17(29)15-5-2-10-28(15)20(30)24-16-13(22)3-1-4-14(16)23/h1,3-4,6-9,15H,2,5,10H2,(H,24,30)(H,25,27,29). The van der Waals surface area contributed by atoms with Crippen LogP contribution in [0.5, 0.6) is 0 Å². The number of carbonyl (C=O) groups is 2. The molecule has 2 aromatic carbocycles. The third-order valence-electron chi connectivity index (χ3n) is 4.76. The summed E-state index contributed by atoms with van der Waals surface area (Å²) in [5.74, 6) is -0.322. The number of aromatic nitrogens is 2. The van der Waals surface area contributed by atoms with Crippen LogP contribution in [0.3, 0.4) is 0 Å². The van der Waals surface area contributed by atoms with Gasteiger partial charge in [0.2, 0.25) is 11.0 Å². The Bertz CT molecular complexity index is 1100. The largest absolute Gasteiger partial charge is 0.322 e. The quantitative estimate of drug-likeness (QED) is 0.478. The van der Waals surface area contributed by atoms with Gasteiger partial charge in [-0.1, -0.05) is 64.3 Å². The van der Waals surface area contributed by atoms with Crippen LogP contribution in [0, 0.1) is 0 Å². The Labute approximate surface area is 197 Å². The van der Waals surface area contributed by atoms with Gasteiger partial charge in [0.05, 0.1) is 15.7 Å². The summed E-state index contributed by atoms with van der Waals surface area (Å²) in [7, 11) is 0. The van der Waals surface area contributed by atoms with Crippen LogP contribution >= 0.6 is 46.1 Å². The van der Waals surface area contributed by atoms with E-state index in [2.05, 4.69) is 20.8 Å². The van der Waals surface area contributed by atoms with Crippen molar-refractivity contribution in [2.24, 2.45) is 0 Å². The maximum Gasteiger partial charge on any atom is 0.322 e. The van der Waals surface area contributed by atoms with E-state index in [1.807, 2.05) is 12.1 Å². The number of rotatable bonds is 4. The van der Waals surface area contributed by atoms with E-state index in [1.54, 1.807) is 30.3 Å². The molecule has 1 unspecified atom stereocenters. The first-order chi connectivity index (χ1) is 14.9. The first-order valence-corrected chi connectivity index (χ1v) is 11.3. The summed E-state index contributed by atoms with van der Waals surface area (Å²) >= 11 is 19.4. The molecule has 31 heavy (non-hydrogen) atoms. The molecule has 0 spiro atoms. The molecule has 3 amide bonds. The van der Waals surface area contributed by atoms with Crippen LogP contribution in [0.4, 0.5) is 15.6 Å². The predicted octanol–water partition coefficient (Wildman–Crippen LogP) is 5.80. The Hall–Kier alpha value is -2.39. The average molecular weight is 497 g/mol. The second kappa shape index (κ2) is 9.40. The minimum Gasteiger partial charge on any atom is -0.312 e. The van der Waals surface area contributed by atoms with Crippen molar-refractivity contribution in [3.8, 4) is 10.6 Å². The lowest BCUT2D eigenvalue weighted by Crippen LogP contribution is -2.45. The Morgan fingerprint density at radius 2 is 1.71 bits per heavy atom. The third kappa shape index (κ3) is 4.93. The Kier molecular flexibility index (Phi) is 6.62. The minimum absolute atomic E-state index is 0.318. The normalized spacial score (nSPS) is 15.7. The topological polar surface area (TPSA) is 87.2 Å². The van der Waals surface area contributed by atoms with Crippen LogP contribution in [0.15, 0.2) is 42.5 Å². The molecule has 1 aliphatic heterocycles. The zero-order chi connectivity index (χ0) is 22.0. The van der Waals surface area contributed by atoms with Gasteiger partial charge in [-0.25, -0.2) is 4.79 Å². The highest BCUT2D eigenvalue weighted by Crippen LogP contribution is 2.31. The van der Waals surface area contributed by atoms with Crippen LogP contribution in [-0.4, -0.2) is 39.6 Å². The smallest absolute Gasteiger partial charge is 0.312 e. The fourth-order valence-electron chi connectivity index (χ4n) is 3.25. The van der Waals surface area contributed by atoms with Gasteiger partial charge in [-0.2, -0.15) is 0 Å². The van der Waals surface area contributed by atoms with E-state index >= 15 is 0 Å². The molecule has 1 saturated heterocycles. The summed E-state index contributed by atoms with van der Waals surface area (Å²) in [5.41, 5.74) is 1.17. The molecule has 1 aliphatic rings. The number of benzene rings is 2. The van der Waals surface area contributed by atoms with Crippen LogP contribution in [0.1, 0.15) is 12.8 Å². The van der Waals surface area contributed by atoms with Crippen LogP contribution in [0.2, 0.25) is 15.1 Å². The minimum atomic E-state index is -0.635. The SMILES string of the molecule is O=C(Nc1nnc(-c2ccc(Cl)cc2)s1)C1CCCN1C(=O)Nc1c(Cl)cccc1Cl. The van der Waals surface area contributed by atoms with E-state index < -0.39 is 12.1 Å². The fourth-order valence-corrected chi connectivity index (χ4v) is 4.62. The molecule has 1 atom stereocenters. The van der Waals surface area contributed by atoms with E-state index in [1.165, 1.54) is 16.2 Å². The number of nitrogens with one attached hydrogen (secondary N) is 2. The predicted molar refractivity (Wildman–Crippen MR) is 124 cm³/mol. The van der Waals surface area contributed by atoms with Crippen LogP contribution in [0.25, 0.3) is 10.6 Å².